The van der Waals surface area contributed by atoms with E-state index < -0.39 is 15.6 Å². The number of hydrogen-bond acceptors (Lipinski definition) is 5. The predicted octanol–water partition coefficient (Wildman–Crippen LogP) is -0.0981. The molecule has 0 bridgehead atoms. The van der Waals surface area contributed by atoms with Crippen LogP contribution in [0.4, 0.5) is 13.2 Å². The average molecular weight is 488 g/mol. The molecule has 128 valence electrons. The van der Waals surface area contributed by atoms with Crippen LogP contribution in [0.25, 0.3) is 0 Å². The van der Waals surface area contributed by atoms with Crippen molar-refractivity contribution in [1.82, 2.24) is 0 Å². The van der Waals surface area contributed by atoms with Crippen LogP contribution in [-0.2, 0) is 10.1 Å². The second kappa shape index (κ2) is 9.16. The molecule has 0 aliphatic rings. The normalized spacial score (nSPS) is 10.8. The molecule has 0 fully saturated rings. The molecule has 0 N–H and O–H groups in total. The monoisotopic (exact) mass is 488 g/mol. The molecule has 0 spiro atoms. The fourth-order valence-electron chi connectivity index (χ4n) is 1.07. The third kappa shape index (κ3) is 7.43. The zero-order valence-electron chi connectivity index (χ0n) is 11.6. The maximum absolute atomic E-state index is 11.6. The average Bonchev–Trinajstić information content (AvgIpc) is 3.01. The van der Waals surface area contributed by atoms with E-state index in [1.54, 1.807) is 0 Å². The van der Waals surface area contributed by atoms with E-state index >= 15 is 0 Å². The molecule has 24 heavy (non-hydrogen) atoms. The van der Waals surface area contributed by atoms with Gasteiger partial charge in [0.15, 0.2) is 14.0 Å². The first kappa shape index (κ1) is 20.6. The minimum Gasteiger partial charge on any atom is -0.741 e. The van der Waals surface area contributed by atoms with Crippen molar-refractivity contribution in [3.05, 3.63) is 56.3 Å². The Kier molecular flexibility index (Phi) is 7.88. The molecule has 0 unspecified atom stereocenters. The molecule has 0 radical (unpaired) electrons. The fraction of sp³-hybridized carbons (Fsp3) is 0.0714. The van der Waals surface area contributed by atoms with Crippen molar-refractivity contribution in [2.24, 2.45) is 0 Å². The summed E-state index contributed by atoms with van der Waals surface area (Å²) in [4.78, 5) is 12.3. The summed E-state index contributed by atoms with van der Waals surface area (Å²) in [7, 11) is -6.09. The van der Waals surface area contributed by atoms with E-state index in [9.17, 15) is 18.0 Å². The summed E-state index contributed by atoms with van der Waals surface area (Å²) >= 11 is 1.08. The molecule has 1 aromatic heterocycles. The van der Waals surface area contributed by atoms with Crippen LogP contribution < -0.4 is 21.2 Å². The number of ketones is 1. The van der Waals surface area contributed by atoms with Gasteiger partial charge in [-0.25, -0.2) is 8.42 Å². The zero-order valence-corrected chi connectivity index (χ0v) is 15.4. The number of rotatable bonds is 2. The van der Waals surface area contributed by atoms with Crippen molar-refractivity contribution in [3.63, 3.8) is 0 Å². The maximum Gasteiger partial charge on any atom is 0.485 e. The largest absolute Gasteiger partial charge is 0.741 e. The van der Waals surface area contributed by atoms with E-state index in [4.69, 9.17) is 13.0 Å². The van der Waals surface area contributed by atoms with Crippen LogP contribution in [0.5, 0.6) is 0 Å². The molecule has 0 amide bonds. The van der Waals surface area contributed by atoms with Gasteiger partial charge in [0.1, 0.15) is 0 Å². The number of hydrogen-bond donors (Lipinski definition) is 0. The lowest BCUT2D eigenvalue weighted by Crippen LogP contribution is -3.59. The van der Waals surface area contributed by atoms with Gasteiger partial charge in [-0.2, -0.15) is 13.2 Å². The fourth-order valence-corrected chi connectivity index (χ4v) is 3.15. The molecule has 10 heteroatoms. The van der Waals surface area contributed by atoms with E-state index in [1.807, 2.05) is 35.7 Å². The topological polar surface area (TPSA) is 74.3 Å². The third-order valence-electron chi connectivity index (χ3n) is 2.08. The number of halogens is 4. The van der Waals surface area contributed by atoms with Crippen LogP contribution in [0.3, 0.4) is 0 Å². The Bertz CT molecular complexity index is 820. The molecular weight excluding hydrogens is 480 g/mol. The molecule has 0 atom stereocenters. The van der Waals surface area contributed by atoms with Crippen LogP contribution in [0.1, 0.15) is 9.67 Å². The quantitative estimate of drug-likeness (QED) is 0.195. The Balaban J connectivity index is 0.000000307. The number of carbonyl (C=O) groups excluding carboxylic acids is 1. The van der Waals surface area contributed by atoms with Gasteiger partial charge in [0.05, 0.1) is 4.88 Å². The van der Waals surface area contributed by atoms with E-state index in [0.29, 0.717) is 0 Å². The molecule has 0 aliphatic carbocycles. The molecule has 0 saturated carbocycles. The summed E-state index contributed by atoms with van der Waals surface area (Å²) in [6.45, 7) is 0. The Hall–Kier alpha value is -1.42. The third-order valence-corrected chi connectivity index (χ3v) is 5.40. The highest BCUT2D eigenvalue weighted by Crippen LogP contribution is 2.20. The highest BCUT2D eigenvalue weighted by Gasteiger charge is 2.36. The second-order valence-corrected chi connectivity index (χ2v) is 8.46. The lowest BCUT2D eigenvalue weighted by Gasteiger charge is -2.08. The van der Waals surface area contributed by atoms with Crippen molar-refractivity contribution in [3.8, 4) is 9.85 Å². The predicted molar refractivity (Wildman–Crippen MR) is 77.3 cm³/mol. The van der Waals surface area contributed by atoms with Gasteiger partial charge in [-0.1, -0.05) is 24.3 Å². The number of alkyl halides is 3. The minimum atomic E-state index is -6.09. The van der Waals surface area contributed by atoms with E-state index in [-0.39, 0.29) is 27.0 Å². The number of carbonyl (C=O) groups is 1. The van der Waals surface area contributed by atoms with Crippen LogP contribution >= 0.6 is 11.3 Å². The number of Topliss-reactive ketones (excluding diaryl/α,β-unsaturated/α-hetero) is 1. The first-order valence-corrected chi connectivity index (χ1v) is 10.4. The van der Waals surface area contributed by atoms with E-state index in [2.05, 4.69) is 22.0 Å². The van der Waals surface area contributed by atoms with Crippen molar-refractivity contribution >= 4 is 27.2 Å². The van der Waals surface area contributed by atoms with Gasteiger partial charge in [-0.15, -0.1) is 11.3 Å². The molecular formula is C14H8F3IO4S2. The van der Waals surface area contributed by atoms with E-state index in [1.165, 1.54) is 14.9 Å². The van der Waals surface area contributed by atoms with Crippen LogP contribution in [-0.4, -0.2) is 24.3 Å². The standard InChI is InChI=1S/C13H8IOS.CHF3O3S/c15-12(13-7-4-10-16-13)8-9-14-11-5-2-1-3-6-11;2-1(3,4)8(5,6)7/h1-7,10H;(H,5,6,7)/q+1;/p-1. The first-order chi connectivity index (χ1) is 11.1. The molecule has 1 heterocycles. The summed E-state index contributed by atoms with van der Waals surface area (Å²) in [5.41, 5.74) is -5.65. The summed E-state index contributed by atoms with van der Waals surface area (Å²) < 4.78 is 63.2. The summed E-state index contributed by atoms with van der Waals surface area (Å²) in [5.74, 6) is 2.64. The van der Waals surface area contributed by atoms with Gasteiger partial charge in [0.2, 0.25) is 9.35 Å². The van der Waals surface area contributed by atoms with Crippen molar-refractivity contribution < 1.29 is 52.1 Å². The van der Waals surface area contributed by atoms with Gasteiger partial charge < -0.3 is 4.55 Å². The van der Waals surface area contributed by atoms with Gasteiger partial charge in [0.25, 0.3) is 0 Å². The minimum absolute atomic E-state index is 0.0642. The summed E-state index contributed by atoms with van der Waals surface area (Å²) in [6.07, 6.45) is 0. The van der Waals surface area contributed by atoms with Crippen LogP contribution in [0, 0.1) is 13.4 Å². The second-order valence-electron chi connectivity index (χ2n) is 3.82. The van der Waals surface area contributed by atoms with Crippen molar-refractivity contribution in [1.29, 1.82) is 0 Å². The van der Waals surface area contributed by atoms with Crippen molar-refractivity contribution in [2.75, 3.05) is 0 Å². The molecule has 0 saturated heterocycles. The number of thiophene rings is 1. The molecule has 2 aromatic rings. The smallest absolute Gasteiger partial charge is 0.485 e. The Morgan fingerprint density at radius 1 is 1.12 bits per heavy atom. The van der Waals surface area contributed by atoms with Gasteiger partial charge in [-0.3, -0.25) is 4.79 Å². The summed E-state index contributed by atoms with van der Waals surface area (Å²) in [5, 5.41) is 1.89. The number of benzene rings is 1. The lowest BCUT2D eigenvalue weighted by molar-refractivity contribution is -0.535. The maximum atomic E-state index is 11.6. The van der Waals surface area contributed by atoms with Gasteiger partial charge in [0, 0.05) is 5.92 Å². The highest BCUT2D eigenvalue weighted by molar-refractivity contribution is 7.86. The molecule has 0 aliphatic heterocycles. The summed E-state index contributed by atoms with van der Waals surface area (Å²) in [6, 6.07) is 13.8. The highest BCUT2D eigenvalue weighted by atomic mass is 127. The van der Waals surface area contributed by atoms with Crippen LogP contribution in [0.2, 0.25) is 0 Å². The van der Waals surface area contributed by atoms with Gasteiger partial charge in [-0.05, 0) is 23.6 Å². The first-order valence-electron chi connectivity index (χ1n) is 5.91. The Morgan fingerprint density at radius 3 is 2.17 bits per heavy atom. The molecule has 4 nitrogen and oxygen atoms in total. The SMILES string of the molecule is O=C(C#C[I+]c1ccccc1)c1cccs1.O=S(=O)([O-])C(F)(F)F. The zero-order chi connectivity index (χ0) is 18.2. The Labute approximate surface area is 150 Å². The molecule has 1 aromatic carbocycles. The lowest BCUT2D eigenvalue weighted by atomic mass is 10.3. The van der Waals surface area contributed by atoms with E-state index in [0.717, 1.165) is 4.88 Å². The van der Waals surface area contributed by atoms with Gasteiger partial charge >= 0.3 is 26.7 Å². The van der Waals surface area contributed by atoms with Crippen LogP contribution in [0.15, 0.2) is 47.8 Å². The molecule has 2 rings (SSSR count). The Morgan fingerprint density at radius 2 is 1.71 bits per heavy atom. The van der Waals surface area contributed by atoms with Crippen molar-refractivity contribution in [2.45, 2.75) is 5.51 Å².